The Bertz CT molecular complexity index is 491. The van der Waals surface area contributed by atoms with E-state index in [2.05, 4.69) is 53.1 Å². The van der Waals surface area contributed by atoms with E-state index < -0.39 is 0 Å². The van der Waals surface area contributed by atoms with Crippen LogP contribution >= 0.6 is 23.1 Å². The first-order valence-corrected chi connectivity index (χ1v) is 8.08. The first-order valence-electron chi connectivity index (χ1n) is 5.97. The molecule has 2 nitrogen and oxygen atoms in total. The Morgan fingerprint density at radius 2 is 2.06 bits per heavy atom. The number of nitrogens with one attached hydrogen (secondary N) is 1. The molecule has 0 amide bonds. The van der Waals surface area contributed by atoms with Crippen molar-refractivity contribution >= 4 is 23.1 Å². The van der Waals surface area contributed by atoms with Gasteiger partial charge >= 0.3 is 0 Å². The summed E-state index contributed by atoms with van der Waals surface area (Å²) in [6.07, 6.45) is 2.10. The van der Waals surface area contributed by atoms with Crippen molar-refractivity contribution in [3.8, 4) is 0 Å². The fourth-order valence-electron chi connectivity index (χ4n) is 1.73. The number of hydrogen-bond donors (Lipinski definition) is 1. The summed E-state index contributed by atoms with van der Waals surface area (Å²) in [5.74, 6) is 0. The van der Waals surface area contributed by atoms with Crippen molar-refractivity contribution in [2.75, 3.05) is 6.26 Å². The maximum absolute atomic E-state index is 4.46. The lowest BCUT2D eigenvalue weighted by molar-refractivity contribution is 0.572. The predicted octanol–water partition coefficient (Wildman–Crippen LogP) is 4.02. The van der Waals surface area contributed by atoms with Gasteiger partial charge in [-0.25, -0.2) is 4.98 Å². The molecular weight excluding hydrogens is 260 g/mol. The highest BCUT2D eigenvalue weighted by Crippen LogP contribution is 2.19. The third kappa shape index (κ3) is 3.57. The van der Waals surface area contributed by atoms with Crippen LogP contribution in [0.25, 0.3) is 0 Å². The van der Waals surface area contributed by atoms with Crippen molar-refractivity contribution < 1.29 is 0 Å². The second kappa shape index (κ2) is 6.36. The molecule has 1 aromatic carbocycles. The van der Waals surface area contributed by atoms with Crippen LogP contribution in [0.5, 0.6) is 0 Å². The lowest BCUT2D eigenvalue weighted by Crippen LogP contribution is -2.17. The molecule has 1 heterocycles. The summed E-state index contributed by atoms with van der Waals surface area (Å²) >= 11 is 3.49. The van der Waals surface area contributed by atoms with E-state index in [0.29, 0.717) is 6.04 Å². The first-order chi connectivity index (χ1) is 8.69. The molecule has 1 unspecified atom stereocenters. The number of hydrogen-bond acceptors (Lipinski definition) is 4. The van der Waals surface area contributed by atoms with E-state index in [1.54, 1.807) is 23.1 Å². The molecule has 96 valence electrons. The Labute approximate surface area is 117 Å². The molecule has 0 saturated heterocycles. The average Bonchev–Trinajstić information content (AvgIpc) is 2.82. The minimum absolute atomic E-state index is 0.352. The number of benzene rings is 1. The van der Waals surface area contributed by atoms with Crippen LogP contribution in [0.2, 0.25) is 0 Å². The molecule has 18 heavy (non-hydrogen) atoms. The number of aromatic nitrogens is 1. The summed E-state index contributed by atoms with van der Waals surface area (Å²) in [5, 5.41) is 6.75. The van der Waals surface area contributed by atoms with Gasteiger partial charge in [0.2, 0.25) is 0 Å². The second-order valence-corrected chi connectivity index (χ2v) is 6.08. The number of thiazole rings is 1. The highest BCUT2D eigenvalue weighted by Gasteiger charge is 2.06. The van der Waals surface area contributed by atoms with Gasteiger partial charge < -0.3 is 5.32 Å². The summed E-state index contributed by atoms with van der Waals surface area (Å²) < 4.78 is 0. The fraction of sp³-hybridized carbons (Fsp3) is 0.357. The normalized spacial score (nSPS) is 12.6. The topological polar surface area (TPSA) is 24.9 Å². The van der Waals surface area contributed by atoms with Crippen LogP contribution in [0.4, 0.5) is 0 Å². The highest BCUT2D eigenvalue weighted by atomic mass is 32.2. The maximum atomic E-state index is 4.46. The Morgan fingerprint density at radius 1 is 1.33 bits per heavy atom. The van der Waals surface area contributed by atoms with Gasteiger partial charge in [0, 0.05) is 28.6 Å². The lowest BCUT2D eigenvalue weighted by Gasteiger charge is -2.13. The third-order valence-electron chi connectivity index (χ3n) is 2.84. The monoisotopic (exact) mass is 278 g/mol. The molecule has 1 atom stereocenters. The van der Waals surface area contributed by atoms with E-state index in [-0.39, 0.29) is 0 Å². The summed E-state index contributed by atoms with van der Waals surface area (Å²) in [4.78, 5) is 5.76. The molecule has 0 fully saturated rings. The number of rotatable bonds is 5. The zero-order valence-corrected chi connectivity index (χ0v) is 12.6. The van der Waals surface area contributed by atoms with E-state index >= 15 is 0 Å². The summed E-state index contributed by atoms with van der Waals surface area (Å²) in [5.41, 5.74) is 2.43. The SMILES string of the molecule is CSc1ccc(C(C)NCc2nc(C)cs2)cc1. The zero-order valence-electron chi connectivity index (χ0n) is 10.9. The van der Waals surface area contributed by atoms with E-state index in [1.165, 1.54) is 10.5 Å². The van der Waals surface area contributed by atoms with E-state index in [4.69, 9.17) is 0 Å². The molecule has 0 aliphatic rings. The molecule has 4 heteroatoms. The van der Waals surface area contributed by atoms with Crippen LogP contribution in [0.3, 0.4) is 0 Å². The van der Waals surface area contributed by atoms with Crippen molar-refractivity contribution in [2.45, 2.75) is 31.3 Å². The van der Waals surface area contributed by atoms with Gasteiger partial charge in [-0.1, -0.05) is 12.1 Å². The summed E-state index contributed by atoms with van der Waals surface area (Å²) in [6, 6.07) is 9.08. The van der Waals surface area contributed by atoms with Crippen molar-refractivity contribution in [3.63, 3.8) is 0 Å². The molecule has 2 rings (SSSR count). The van der Waals surface area contributed by atoms with Gasteiger partial charge in [0.05, 0.1) is 0 Å². The molecule has 0 aliphatic carbocycles. The smallest absolute Gasteiger partial charge is 0.107 e. The lowest BCUT2D eigenvalue weighted by atomic mass is 10.1. The molecular formula is C14H18N2S2. The van der Waals surface area contributed by atoms with Crippen molar-refractivity contribution in [3.05, 3.63) is 45.9 Å². The fourth-order valence-corrected chi connectivity index (χ4v) is 2.87. The van der Waals surface area contributed by atoms with E-state index in [0.717, 1.165) is 17.2 Å². The summed E-state index contributed by atoms with van der Waals surface area (Å²) in [6.45, 7) is 5.06. The van der Waals surface area contributed by atoms with E-state index in [1.807, 2.05) is 6.92 Å². The molecule has 0 spiro atoms. The third-order valence-corrected chi connectivity index (χ3v) is 4.55. The number of thioether (sulfide) groups is 1. The van der Waals surface area contributed by atoms with Crippen LogP contribution < -0.4 is 5.32 Å². The van der Waals surface area contributed by atoms with Gasteiger partial charge in [0.1, 0.15) is 5.01 Å². The van der Waals surface area contributed by atoms with Crippen LogP contribution in [0.15, 0.2) is 34.5 Å². The van der Waals surface area contributed by atoms with Crippen LogP contribution in [-0.4, -0.2) is 11.2 Å². The van der Waals surface area contributed by atoms with Gasteiger partial charge in [-0.15, -0.1) is 23.1 Å². The predicted molar refractivity (Wildman–Crippen MR) is 80.3 cm³/mol. The summed E-state index contributed by atoms with van der Waals surface area (Å²) in [7, 11) is 0. The van der Waals surface area contributed by atoms with Crippen molar-refractivity contribution in [1.29, 1.82) is 0 Å². The van der Waals surface area contributed by atoms with Gasteiger partial charge in [-0.3, -0.25) is 0 Å². The zero-order chi connectivity index (χ0) is 13.0. The van der Waals surface area contributed by atoms with Gasteiger partial charge in [0.15, 0.2) is 0 Å². The Hall–Kier alpha value is -0.840. The van der Waals surface area contributed by atoms with Gasteiger partial charge in [-0.05, 0) is 37.8 Å². The number of aryl methyl sites for hydroxylation is 1. The molecule has 2 aromatic rings. The van der Waals surface area contributed by atoms with Crippen molar-refractivity contribution in [1.82, 2.24) is 10.3 Å². The van der Waals surface area contributed by atoms with Crippen LogP contribution in [0.1, 0.15) is 29.2 Å². The molecule has 0 radical (unpaired) electrons. The standard InChI is InChI=1S/C14H18N2S2/c1-10-9-18-14(16-10)8-15-11(2)12-4-6-13(17-3)7-5-12/h4-7,9,11,15H,8H2,1-3H3. The largest absolute Gasteiger partial charge is 0.304 e. The van der Waals surface area contributed by atoms with Gasteiger partial charge in [0.25, 0.3) is 0 Å². The Kier molecular flexibility index (Phi) is 4.80. The number of nitrogens with zero attached hydrogens (tertiary/aromatic N) is 1. The molecule has 0 bridgehead atoms. The first kappa shape index (κ1) is 13.6. The highest BCUT2D eigenvalue weighted by molar-refractivity contribution is 7.98. The van der Waals surface area contributed by atoms with Gasteiger partial charge in [-0.2, -0.15) is 0 Å². The maximum Gasteiger partial charge on any atom is 0.107 e. The van der Waals surface area contributed by atoms with Crippen molar-refractivity contribution in [2.24, 2.45) is 0 Å². The minimum Gasteiger partial charge on any atom is -0.304 e. The van der Waals surface area contributed by atoms with E-state index in [9.17, 15) is 0 Å². The molecule has 1 aromatic heterocycles. The molecule has 1 N–H and O–H groups in total. The minimum atomic E-state index is 0.352. The average molecular weight is 278 g/mol. The molecule has 0 saturated carbocycles. The Morgan fingerprint density at radius 3 is 2.61 bits per heavy atom. The van der Waals surface area contributed by atoms with Crippen LogP contribution in [-0.2, 0) is 6.54 Å². The second-order valence-electron chi connectivity index (χ2n) is 4.26. The molecule has 0 aliphatic heterocycles. The van der Waals surface area contributed by atoms with Crippen LogP contribution in [0, 0.1) is 6.92 Å². The Balaban J connectivity index is 1.92. The quantitative estimate of drug-likeness (QED) is 0.836.